The van der Waals surface area contributed by atoms with Gasteiger partial charge in [-0.2, -0.15) is 0 Å². The van der Waals surface area contributed by atoms with Gasteiger partial charge in [-0.1, -0.05) is 88.4 Å². The lowest BCUT2D eigenvalue weighted by Gasteiger charge is -2.50. The van der Waals surface area contributed by atoms with Gasteiger partial charge in [-0.05, 0) is 30.4 Å². The fourth-order valence-electron chi connectivity index (χ4n) is 4.48. The van der Waals surface area contributed by atoms with Crippen molar-refractivity contribution in [1.82, 2.24) is 4.90 Å². The smallest absolute Gasteiger partial charge is 0.176 e. The quantitative estimate of drug-likeness (QED) is 0.679. The van der Waals surface area contributed by atoms with Crippen LogP contribution in [0.15, 0.2) is 60.7 Å². The number of rotatable bonds is 5. The molecule has 26 heavy (non-hydrogen) atoms. The number of carbonyl (C=O) groups is 1. The minimum atomic E-state index is -0.0122. The summed E-state index contributed by atoms with van der Waals surface area (Å²) in [6, 6.07) is 20.9. The zero-order valence-corrected chi connectivity index (χ0v) is 16.5. The second kappa shape index (κ2) is 7.36. The Hall–Kier alpha value is -1.93. The third-order valence-corrected chi connectivity index (χ3v) is 6.40. The van der Waals surface area contributed by atoms with Gasteiger partial charge in [0.1, 0.15) is 0 Å². The average Bonchev–Trinajstić information content (AvgIpc) is 3.10. The first-order valence-electron chi connectivity index (χ1n) is 9.72. The van der Waals surface area contributed by atoms with Crippen LogP contribution < -0.4 is 0 Å². The maximum absolute atomic E-state index is 12.8. The van der Waals surface area contributed by atoms with E-state index in [2.05, 4.69) is 62.9 Å². The molecule has 0 radical (unpaired) electrons. The van der Waals surface area contributed by atoms with Crippen LogP contribution in [0.5, 0.6) is 0 Å². The summed E-state index contributed by atoms with van der Waals surface area (Å²) in [6.45, 7) is 10.9. The number of Topliss-reactive ketones (excluding diaryl/α,β-unsaturated/α-hetero) is 1. The number of benzene rings is 2. The third kappa shape index (κ3) is 3.48. The highest BCUT2D eigenvalue weighted by atomic mass is 16.1. The maximum Gasteiger partial charge on any atom is 0.176 e. The zero-order chi connectivity index (χ0) is 18.8. The van der Waals surface area contributed by atoms with Gasteiger partial charge >= 0.3 is 0 Å². The van der Waals surface area contributed by atoms with E-state index < -0.39 is 0 Å². The molecule has 1 aliphatic heterocycles. The second-order valence-corrected chi connectivity index (χ2v) is 8.74. The summed E-state index contributed by atoms with van der Waals surface area (Å²) >= 11 is 0. The number of hydrogen-bond donors (Lipinski definition) is 0. The first-order chi connectivity index (χ1) is 12.3. The number of hydrogen-bond acceptors (Lipinski definition) is 2. The van der Waals surface area contributed by atoms with E-state index in [0.29, 0.717) is 12.6 Å². The molecule has 2 aromatic carbocycles. The van der Waals surface area contributed by atoms with Crippen molar-refractivity contribution in [2.24, 2.45) is 5.41 Å². The lowest BCUT2D eigenvalue weighted by molar-refractivity contribution is 0.0676. The molecule has 0 bridgehead atoms. The Kier molecular flexibility index (Phi) is 5.34. The lowest BCUT2D eigenvalue weighted by atomic mass is 9.59. The van der Waals surface area contributed by atoms with Gasteiger partial charge in [-0.15, -0.1) is 0 Å². The first kappa shape index (κ1) is 18.8. The van der Waals surface area contributed by atoms with E-state index in [1.807, 2.05) is 30.3 Å². The van der Waals surface area contributed by atoms with Gasteiger partial charge in [0.05, 0.1) is 6.54 Å². The predicted octanol–water partition coefficient (Wildman–Crippen LogP) is 5.34. The van der Waals surface area contributed by atoms with Crippen molar-refractivity contribution in [3.63, 3.8) is 0 Å². The van der Waals surface area contributed by atoms with Crippen LogP contribution in [0.4, 0.5) is 0 Å². The Morgan fingerprint density at radius 3 is 2.12 bits per heavy atom. The Bertz CT molecular complexity index is 732. The molecule has 0 N–H and O–H groups in total. The van der Waals surface area contributed by atoms with Crippen molar-refractivity contribution in [2.45, 2.75) is 52.0 Å². The summed E-state index contributed by atoms with van der Waals surface area (Å²) in [7, 11) is 0. The SMILES string of the molecule is CC(C)(C)[C@](C)(c1ccccc1)[C@@H]1CCCN1CC(=O)c1ccccc1. The monoisotopic (exact) mass is 349 g/mol. The Labute approximate surface area is 158 Å². The van der Waals surface area contributed by atoms with E-state index in [9.17, 15) is 4.79 Å². The van der Waals surface area contributed by atoms with Crippen molar-refractivity contribution in [3.8, 4) is 0 Å². The minimum Gasteiger partial charge on any atom is -0.293 e. The summed E-state index contributed by atoms with van der Waals surface area (Å²) in [5.74, 6) is 0.224. The molecule has 1 fully saturated rings. The number of likely N-dealkylation sites (tertiary alicyclic amines) is 1. The van der Waals surface area contributed by atoms with Crippen LogP contribution in [0.1, 0.15) is 56.5 Å². The molecule has 1 aliphatic rings. The fourth-order valence-corrected chi connectivity index (χ4v) is 4.48. The zero-order valence-electron chi connectivity index (χ0n) is 16.5. The molecule has 0 aromatic heterocycles. The van der Waals surface area contributed by atoms with Gasteiger partial charge in [0.25, 0.3) is 0 Å². The number of ketones is 1. The Morgan fingerprint density at radius 1 is 0.962 bits per heavy atom. The minimum absolute atomic E-state index is 0.0122. The number of nitrogens with zero attached hydrogens (tertiary/aromatic N) is 1. The average molecular weight is 350 g/mol. The van der Waals surface area contributed by atoms with Crippen molar-refractivity contribution in [2.75, 3.05) is 13.1 Å². The predicted molar refractivity (Wildman–Crippen MR) is 109 cm³/mol. The standard InChI is InChI=1S/C24H31NO/c1-23(2,3)24(4,20-14-9-6-10-15-20)22-16-11-17-25(22)18-21(26)19-12-7-5-8-13-19/h5-10,12-15,22H,11,16-18H2,1-4H3/t22-,24+/m0/s1. The van der Waals surface area contributed by atoms with Crippen LogP contribution in [0.3, 0.4) is 0 Å². The molecule has 0 spiro atoms. The molecule has 2 nitrogen and oxygen atoms in total. The molecule has 2 heteroatoms. The second-order valence-electron chi connectivity index (χ2n) is 8.74. The highest BCUT2D eigenvalue weighted by Crippen LogP contribution is 2.48. The van der Waals surface area contributed by atoms with Gasteiger partial charge in [0.15, 0.2) is 5.78 Å². The van der Waals surface area contributed by atoms with Crippen LogP contribution in [0, 0.1) is 5.41 Å². The van der Waals surface area contributed by atoms with Crippen molar-refractivity contribution >= 4 is 5.78 Å². The molecule has 0 aliphatic carbocycles. The van der Waals surface area contributed by atoms with Crippen LogP contribution in [0.25, 0.3) is 0 Å². The van der Waals surface area contributed by atoms with Gasteiger partial charge in [-0.25, -0.2) is 0 Å². The van der Waals surface area contributed by atoms with Crippen LogP contribution in [0.2, 0.25) is 0 Å². The molecule has 138 valence electrons. The fraction of sp³-hybridized carbons (Fsp3) is 0.458. The molecule has 0 unspecified atom stereocenters. The van der Waals surface area contributed by atoms with Crippen molar-refractivity contribution in [3.05, 3.63) is 71.8 Å². The summed E-state index contributed by atoms with van der Waals surface area (Å²) in [4.78, 5) is 15.2. The first-order valence-corrected chi connectivity index (χ1v) is 9.72. The molecule has 1 heterocycles. The van der Waals surface area contributed by atoms with Crippen LogP contribution >= 0.6 is 0 Å². The van der Waals surface area contributed by atoms with Gasteiger partial charge < -0.3 is 0 Å². The molecule has 0 saturated carbocycles. The highest BCUT2D eigenvalue weighted by Gasteiger charge is 2.49. The van der Waals surface area contributed by atoms with Gasteiger partial charge in [0.2, 0.25) is 0 Å². The van der Waals surface area contributed by atoms with E-state index in [1.165, 1.54) is 5.56 Å². The van der Waals surface area contributed by atoms with Crippen molar-refractivity contribution < 1.29 is 4.79 Å². The van der Waals surface area contributed by atoms with Crippen LogP contribution in [-0.4, -0.2) is 29.8 Å². The normalized spacial score (nSPS) is 20.7. The highest BCUT2D eigenvalue weighted by molar-refractivity contribution is 5.97. The maximum atomic E-state index is 12.8. The molecular weight excluding hydrogens is 318 g/mol. The molecule has 3 rings (SSSR count). The summed E-state index contributed by atoms with van der Waals surface area (Å²) in [5.41, 5.74) is 2.27. The van der Waals surface area contributed by atoms with E-state index >= 15 is 0 Å². The molecular formula is C24H31NO. The molecule has 2 atom stereocenters. The molecule has 2 aromatic rings. The topological polar surface area (TPSA) is 20.3 Å². The van der Waals surface area contributed by atoms with Crippen LogP contribution in [-0.2, 0) is 5.41 Å². The number of carbonyl (C=O) groups excluding carboxylic acids is 1. The van der Waals surface area contributed by atoms with Gasteiger partial charge in [-0.3, -0.25) is 9.69 Å². The summed E-state index contributed by atoms with van der Waals surface area (Å²) < 4.78 is 0. The largest absolute Gasteiger partial charge is 0.293 e. The third-order valence-electron chi connectivity index (χ3n) is 6.40. The van der Waals surface area contributed by atoms with E-state index in [-0.39, 0.29) is 16.6 Å². The van der Waals surface area contributed by atoms with E-state index in [1.54, 1.807) is 0 Å². The Balaban J connectivity index is 1.90. The summed E-state index contributed by atoms with van der Waals surface area (Å²) in [6.07, 6.45) is 2.30. The molecule has 1 saturated heterocycles. The molecule has 0 amide bonds. The summed E-state index contributed by atoms with van der Waals surface area (Å²) in [5, 5.41) is 0. The lowest BCUT2D eigenvalue weighted by Crippen LogP contribution is -2.53. The Morgan fingerprint density at radius 2 is 1.54 bits per heavy atom. The van der Waals surface area contributed by atoms with Gasteiger partial charge in [0, 0.05) is 17.0 Å². The van der Waals surface area contributed by atoms with E-state index in [4.69, 9.17) is 0 Å². The van der Waals surface area contributed by atoms with Crippen molar-refractivity contribution in [1.29, 1.82) is 0 Å². The van der Waals surface area contributed by atoms with E-state index in [0.717, 1.165) is 24.9 Å².